The Kier molecular flexibility index (Phi) is 5.41. The van der Waals surface area contributed by atoms with Gasteiger partial charge in [-0.15, -0.1) is 0 Å². The molecule has 5 heteroatoms. The molecule has 0 aliphatic heterocycles. The molecule has 0 aliphatic carbocycles. The standard InChI is InChI=1S/C22H22N2O3/c1-15-8-9-18(22(26)27-3)13-20(15)23-21(25)14-24(2)19-11-10-16-6-4-5-7-17(16)12-19/h4-13H,14H2,1-3H3,(H,23,25). The van der Waals surface area contributed by atoms with Crippen LogP contribution in [0.1, 0.15) is 15.9 Å². The van der Waals surface area contributed by atoms with Crippen LogP contribution in [0.5, 0.6) is 0 Å². The van der Waals surface area contributed by atoms with Gasteiger partial charge in [-0.25, -0.2) is 4.79 Å². The zero-order chi connectivity index (χ0) is 19.4. The molecule has 27 heavy (non-hydrogen) atoms. The summed E-state index contributed by atoms with van der Waals surface area (Å²) in [7, 11) is 3.21. The lowest BCUT2D eigenvalue weighted by atomic mass is 10.1. The van der Waals surface area contributed by atoms with E-state index >= 15 is 0 Å². The van der Waals surface area contributed by atoms with Gasteiger partial charge in [0.1, 0.15) is 0 Å². The summed E-state index contributed by atoms with van der Waals surface area (Å²) in [5.74, 6) is -0.588. The van der Waals surface area contributed by atoms with Crippen molar-refractivity contribution in [2.45, 2.75) is 6.92 Å². The number of fused-ring (bicyclic) bond motifs is 1. The molecule has 1 amide bonds. The number of hydrogen-bond donors (Lipinski definition) is 1. The SMILES string of the molecule is COC(=O)c1ccc(C)c(NC(=O)CN(C)c2ccc3ccccc3c2)c1. The van der Waals surface area contributed by atoms with Crippen LogP contribution >= 0.6 is 0 Å². The van der Waals surface area contributed by atoms with Crippen LogP contribution in [-0.4, -0.2) is 32.6 Å². The lowest BCUT2D eigenvalue weighted by molar-refractivity contribution is -0.114. The van der Waals surface area contributed by atoms with Gasteiger partial charge in [0.2, 0.25) is 5.91 Å². The molecular formula is C22H22N2O3. The van der Waals surface area contributed by atoms with Gasteiger partial charge in [0.15, 0.2) is 0 Å². The third kappa shape index (κ3) is 4.26. The number of nitrogens with zero attached hydrogens (tertiary/aromatic N) is 1. The summed E-state index contributed by atoms with van der Waals surface area (Å²) >= 11 is 0. The van der Waals surface area contributed by atoms with Crippen molar-refractivity contribution in [1.29, 1.82) is 0 Å². The number of benzene rings is 3. The summed E-state index contributed by atoms with van der Waals surface area (Å²) in [6, 6.07) is 19.3. The Balaban J connectivity index is 1.72. The number of hydrogen-bond acceptors (Lipinski definition) is 4. The Hall–Kier alpha value is -3.34. The van der Waals surface area contributed by atoms with E-state index in [4.69, 9.17) is 4.74 Å². The number of rotatable bonds is 5. The normalized spacial score (nSPS) is 10.5. The van der Waals surface area contributed by atoms with E-state index in [9.17, 15) is 9.59 Å². The first kappa shape index (κ1) is 18.5. The number of carbonyl (C=O) groups excluding carboxylic acids is 2. The molecule has 5 nitrogen and oxygen atoms in total. The van der Waals surface area contributed by atoms with E-state index in [2.05, 4.69) is 23.5 Å². The first-order chi connectivity index (χ1) is 13.0. The van der Waals surface area contributed by atoms with Crippen LogP contribution in [0.4, 0.5) is 11.4 Å². The molecule has 0 saturated carbocycles. The second kappa shape index (κ2) is 7.91. The third-order valence-corrected chi connectivity index (χ3v) is 4.49. The van der Waals surface area contributed by atoms with Crippen molar-refractivity contribution >= 4 is 34.0 Å². The highest BCUT2D eigenvalue weighted by Gasteiger charge is 2.12. The highest BCUT2D eigenvalue weighted by molar-refractivity contribution is 5.97. The van der Waals surface area contributed by atoms with Gasteiger partial charge >= 0.3 is 5.97 Å². The van der Waals surface area contributed by atoms with Crippen molar-refractivity contribution in [3.05, 3.63) is 71.8 Å². The highest BCUT2D eigenvalue weighted by atomic mass is 16.5. The van der Waals surface area contributed by atoms with E-state index in [0.717, 1.165) is 22.0 Å². The number of anilines is 2. The molecule has 3 aromatic carbocycles. The number of nitrogens with one attached hydrogen (secondary N) is 1. The van der Waals surface area contributed by atoms with Crippen molar-refractivity contribution < 1.29 is 14.3 Å². The first-order valence-corrected chi connectivity index (χ1v) is 8.66. The predicted molar refractivity (Wildman–Crippen MR) is 108 cm³/mol. The summed E-state index contributed by atoms with van der Waals surface area (Å²) in [4.78, 5) is 26.1. The smallest absolute Gasteiger partial charge is 0.337 e. The number of ether oxygens (including phenoxy) is 1. The highest BCUT2D eigenvalue weighted by Crippen LogP contribution is 2.22. The van der Waals surface area contributed by atoms with Crippen LogP contribution in [0.25, 0.3) is 10.8 Å². The zero-order valence-electron chi connectivity index (χ0n) is 15.7. The Morgan fingerprint density at radius 1 is 1.00 bits per heavy atom. The van der Waals surface area contributed by atoms with E-state index < -0.39 is 5.97 Å². The molecule has 138 valence electrons. The quantitative estimate of drug-likeness (QED) is 0.697. The molecule has 1 N–H and O–H groups in total. The zero-order valence-corrected chi connectivity index (χ0v) is 15.7. The maximum atomic E-state index is 12.5. The molecule has 0 unspecified atom stereocenters. The summed E-state index contributed by atoms with van der Waals surface area (Å²) < 4.78 is 4.73. The average molecular weight is 362 g/mol. The molecule has 0 spiro atoms. The van der Waals surface area contributed by atoms with Gasteiger partial charge in [-0.3, -0.25) is 4.79 Å². The molecular weight excluding hydrogens is 340 g/mol. The van der Waals surface area contributed by atoms with Gasteiger partial charge < -0.3 is 15.0 Å². The number of amides is 1. The van der Waals surface area contributed by atoms with E-state index in [1.54, 1.807) is 18.2 Å². The molecule has 3 aromatic rings. The van der Waals surface area contributed by atoms with E-state index in [0.29, 0.717) is 11.3 Å². The Morgan fingerprint density at radius 2 is 1.74 bits per heavy atom. The van der Waals surface area contributed by atoms with Crippen molar-refractivity contribution in [2.24, 2.45) is 0 Å². The fraction of sp³-hybridized carbons (Fsp3) is 0.182. The molecule has 0 aromatic heterocycles. The van der Waals surface area contributed by atoms with Gasteiger partial charge in [0, 0.05) is 18.4 Å². The molecule has 0 saturated heterocycles. The van der Waals surface area contributed by atoms with Crippen LogP contribution in [0.2, 0.25) is 0 Å². The Labute approximate surface area is 158 Å². The lowest BCUT2D eigenvalue weighted by Crippen LogP contribution is -2.30. The van der Waals surface area contributed by atoms with Crippen LogP contribution in [0.3, 0.4) is 0 Å². The maximum absolute atomic E-state index is 12.5. The molecule has 0 fully saturated rings. The average Bonchev–Trinajstić information content (AvgIpc) is 2.68. The monoisotopic (exact) mass is 362 g/mol. The molecule has 3 rings (SSSR count). The minimum absolute atomic E-state index is 0.157. The number of likely N-dealkylation sites (N-methyl/N-ethyl adjacent to an activating group) is 1. The minimum Gasteiger partial charge on any atom is -0.465 e. The van der Waals surface area contributed by atoms with Crippen LogP contribution < -0.4 is 10.2 Å². The summed E-state index contributed by atoms with van der Waals surface area (Å²) in [5, 5.41) is 5.17. The van der Waals surface area contributed by atoms with Crippen LogP contribution in [0, 0.1) is 6.92 Å². The molecule has 0 aliphatic rings. The maximum Gasteiger partial charge on any atom is 0.337 e. The topological polar surface area (TPSA) is 58.6 Å². The van der Waals surface area contributed by atoms with Crippen molar-refractivity contribution in [3.8, 4) is 0 Å². The fourth-order valence-corrected chi connectivity index (χ4v) is 2.91. The van der Waals surface area contributed by atoms with Gasteiger partial charge in [-0.05, 0) is 47.5 Å². The van der Waals surface area contributed by atoms with E-state index in [1.165, 1.54) is 7.11 Å². The molecule has 0 bridgehead atoms. The van der Waals surface area contributed by atoms with Crippen molar-refractivity contribution in [3.63, 3.8) is 0 Å². The summed E-state index contributed by atoms with van der Waals surface area (Å²) in [5.41, 5.74) is 2.85. The molecule has 0 atom stereocenters. The van der Waals surface area contributed by atoms with Crippen molar-refractivity contribution in [1.82, 2.24) is 0 Å². The molecule has 0 heterocycles. The van der Waals surface area contributed by atoms with Crippen LogP contribution in [0.15, 0.2) is 60.7 Å². The Bertz CT molecular complexity index is 998. The number of carbonyl (C=O) groups is 2. The second-order valence-corrected chi connectivity index (χ2v) is 6.46. The lowest BCUT2D eigenvalue weighted by Gasteiger charge is -2.20. The largest absolute Gasteiger partial charge is 0.465 e. The van der Waals surface area contributed by atoms with Crippen LogP contribution in [-0.2, 0) is 9.53 Å². The van der Waals surface area contributed by atoms with Crippen molar-refractivity contribution in [2.75, 3.05) is 30.9 Å². The number of methoxy groups -OCH3 is 1. The number of aryl methyl sites for hydroxylation is 1. The van der Waals surface area contributed by atoms with Gasteiger partial charge in [0.05, 0.1) is 19.2 Å². The summed E-state index contributed by atoms with van der Waals surface area (Å²) in [6.07, 6.45) is 0. The minimum atomic E-state index is -0.432. The predicted octanol–water partition coefficient (Wildman–Crippen LogP) is 4.01. The Morgan fingerprint density at radius 3 is 2.48 bits per heavy atom. The second-order valence-electron chi connectivity index (χ2n) is 6.46. The van der Waals surface area contributed by atoms with Gasteiger partial charge in [0.25, 0.3) is 0 Å². The van der Waals surface area contributed by atoms with Gasteiger partial charge in [-0.2, -0.15) is 0 Å². The fourth-order valence-electron chi connectivity index (χ4n) is 2.91. The number of esters is 1. The third-order valence-electron chi connectivity index (χ3n) is 4.49. The molecule has 0 radical (unpaired) electrons. The van der Waals surface area contributed by atoms with E-state index in [1.807, 2.05) is 43.1 Å². The summed E-state index contributed by atoms with van der Waals surface area (Å²) in [6.45, 7) is 2.07. The van der Waals surface area contributed by atoms with Gasteiger partial charge in [-0.1, -0.05) is 36.4 Å². The van der Waals surface area contributed by atoms with E-state index in [-0.39, 0.29) is 12.5 Å². The first-order valence-electron chi connectivity index (χ1n) is 8.66.